The molecule has 0 atom stereocenters. The summed E-state index contributed by atoms with van der Waals surface area (Å²) >= 11 is 1.81. The highest BCUT2D eigenvalue weighted by atomic mass is 32.1. The van der Waals surface area contributed by atoms with Gasteiger partial charge in [-0.1, -0.05) is 12.5 Å². The molecule has 2 fully saturated rings. The van der Waals surface area contributed by atoms with Crippen molar-refractivity contribution in [2.45, 2.75) is 24.7 Å². The normalized spacial score (nSPS) is 26.7. The van der Waals surface area contributed by atoms with Gasteiger partial charge in [0.25, 0.3) is 0 Å². The van der Waals surface area contributed by atoms with Crippen LogP contribution in [0.25, 0.3) is 0 Å². The summed E-state index contributed by atoms with van der Waals surface area (Å²) < 4.78 is 5.44. The van der Waals surface area contributed by atoms with E-state index in [2.05, 4.69) is 17.5 Å². The maximum absolute atomic E-state index is 9.69. The molecule has 82 valence electrons. The average molecular weight is 224 g/mol. The van der Waals surface area contributed by atoms with Crippen molar-refractivity contribution in [3.05, 3.63) is 22.4 Å². The number of thiophene rings is 1. The lowest BCUT2D eigenvalue weighted by Gasteiger charge is -2.59. The second kappa shape index (κ2) is 3.30. The first kappa shape index (κ1) is 9.82. The van der Waals surface area contributed by atoms with E-state index in [0.717, 1.165) is 26.1 Å². The molecule has 0 amide bonds. The van der Waals surface area contributed by atoms with Crippen LogP contribution in [-0.2, 0) is 10.2 Å². The van der Waals surface area contributed by atoms with Crippen LogP contribution in [0.3, 0.4) is 0 Å². The van der Waals surface area contributed by atoms with Gasteiger partial charge in [-0.2, -0.15) is 0 Å². The van der Waals surface area contributed by atoms with Crippen LogP contribution in [0.4, 0.5) is 0 Å². The van der Waals surface area contributed by atoms with Crippen molar-refractivity contribution < 1.29 is 9.84 Å². The first-order valence-corrected chi connectivity index (χ1v) is 6.44. The number of hydrogen-bond acceptors (Lipinski definition) is 3. The molecule has 1 saturated heterocycles. The summed E-state index contributed by atoms with van der Waals surface area (Å²) in [4.78, 5) is 1.41. The molecule has 1 N–H and O–H groups in total. The molecular weight excluding hydrogens is 208 g/mol. The molecule has 1 saturated carbocycles. The van der Waals surface area contributed by atoms with Crippen molar-refractivity contribution >= 4 is 11.3 Å². The van der Waals surface area contributed by atoms with Gasteiger partial charge in [0, 0.05) is 16.9 Å². The van der Waals surface area contributed by atoms with Crippen molar-refractivity contribution in [2.24, 2.45) is 5.41 Å². The Morgan fingerprint density at radius 1 is 1.40 bits per heavy atom. The molecule has 0 spiro atoms. The molecule has 15 heavy (non-hydrogen) atoms. The minimum absolute atomic E-state index is 0.121. The summed E-state index contributed by atoms with van der Waals surface area (Å²) in [6.45, 7) is 1.91. The van der Waals surface area contributed by atoms with Crippen LogP contribution < -0.4 is 0 Å². The Morgan fingerprint density at radius 3 is 2.53 bits per heavy atom. The van der Waals surface area contributed by atoms with Gasteiger partial charge in [-0.15, -0.1) is 11.3 Å². The van der Waals surface area contributed by atoms with E-state index in [1.54, 1.807) is 11.3 Å². The van der Waals surface area contributed by atoms with Crippen LogP contribution in [0.5, 0.6) is 0 Å². The Balaban J connectivity index is 1.99. The molecule has 3 rings (SSSR count). The van der Waals surface area contributed by atoms with Crippen LogP contribution in [0.15, 0.2) is 17.5 Å². The van der Waals surface area contributed by atoms with Crippen LogP contribution in [0.1, 0.15) is 24.1 Å². The Morgan fingerprint density at radius 2 is 2.20 bits per heavy atom. The van der Waals surface area contributed by atoms with Gasteiger partial charge in [-0.25, -0.2) is 0 Å². The predicted octanol–water partition coefficient (Wildman–Crippen LogP) is 2.18. The van der Waals surface area contributed by atoms with Crippen LogP contribution in [0, 0.1) is 5.41 Å². The maximum Gasteiger partial charge on any atom is 0.0599 e. The average Bonchev–Trinajstić information content (AvgIpc) is 2.60. The van der Waals surface area contributed by atoms with Crippen molar-refractivity contribution in [1.82, 2.24) is 0 Å². The van der Waals surface area contributed by atoms with Gasteiger partial charge in [0.05, 0.1) is 18.6 Å². The molecule has 2 heterocycles. The van der Waals surface area contributed by atoms with Crippen molar-refractivity contribution in [3.63, 3.8) is 0 Å². The zero-order valence-electron chi connectivity index (χ0n) is 8.74. The highest BCUT2D eigenvalue weighted by Crippen LogP contribution is 2.58. The number of rotatable bonds is 3. The van der Waals surface area contributed by atoms with E-state index in [1.165, 1.54) is 11.3 Å². The SMILES string of the molecule is OCC1(C2(c3cccs3)COC2)CCC1. The summed E-state index contributed by atoms with van der Waals surface area (Å²) in [6.07, 6.45) is 3.57. The minimum Gasteiger partial charge on any atom is -0.396 e. The molecule has 1 aliphatic carbocycles. The summed E-state index contributed by atoms with van der Waals surface area (Å²) in [7, 11) is 0. The van der Waals surface area contributed by atoms with Crippen molar-refractivity contribution in [1.29, 1.82) is 0 Å². The fourth-order valence-electron chi connectivity index (χ4n) is 2.96. The lowest BCUT2D eigenvalue weighted by atomic mass is 9.52. The van der Waals surface area contributed by atoms with E-state index in [4.69, 9.17) is 4.74 Å². The Bertz CT molecular complexity index is 331. The maximum atomic E-state index is 9.69. The number of aliphatic hydroxyl groups is 1. The molecule has 1 aromatic rings. The molecule has 2 nitrogen and oxygen atoms in total. The number of ether oxygens (including phenoxy) is 1. The molecule has 3 heteroatoms. The topological polar surface area (TPSA) is 29.5 Å². The van der Waals surface area contributed by atoms with Gasteiger partial charge in [0.2, 0.25) is 0 Å². The van der Waals surface area contributed by atoms with Gasteiger partial charge in [0.1, 0.15) is 0 Å². The van der Waals surface area contributed by atoms with E-state index < -0.39 is 0 Å². The van der Waals surface area contributed by atoms with Gasteiger partial charge in [-0.05, 0) is 24.3 Å². The quantitative estimate of drug-likeness (QED) is 0.852. The number of aliphatic hydroxyl groups excluding tert-OH is 1. The molecular formula is C12H16O2S. The van der Waals surface area contributed by atoms with Crippen molar-refractivity contribution in [2.75, 3.05) is 19.8 Å². The zero-order chi connectivity index (χ0) is 10.4. The van der Waals surface area contributed by atoms with E-state index in [-0.39, 0.29) is 10.8 Å². The summed E-state index contributed by atoms with van der Waals surface area (Å²) in [5.41, 5.74) is 0.254. The Kier molecular flexibility index (Phi) is 2.16. The standard InChI is InChI=1S/C12H16O2S/c13-7-11(4-2-5-11)12(8-14-9-12)10-3-1-6-15-10/h1,3,6,13H,2,4-5,7-9H2. The highest BCUT2D eigenvalue weighted by molar-refractivity contribution is 7.10. The largest absolute Gasteiger partial charge is 0.396 e. The third kappa shape index (κ3) is 1.11. The predicted molar refractivity (Wildman–Crippen MR) is 60.2 cm³/mol. The molecule has 2 aliphatic rings. The Labute approximate surface area is 93.9 Å². The fraction of sp³-hybridized carbons (Fsp3) is 0.667. The number of hydrogen-bond donors (Lipinski definition) is 1. The van der Waals surface area contributed by atoms with E-state index in [9.17, 15) is 5.11 Å². The summed E-state index contributed by atoms with van der Waals surface area (Å²) in [5.74, 6) is 0. The minimum atomic E-state index is 0.121. The van der Waals surface area contributed by atoms with Crippen LogP contribution >= 0.6 is 11.3 Å². The molecule has 0 aromatic carbocycles. The van der Waals surface area contributed by atoms with E-state index >= 15 is 0 Å². The van der Waals surface area contributed by atoms with Gasteiger partial charge < -0.3 is 9.84 Å². The second-order valence-corrected chi connectivity index (χ2v) is 5.79. The lowest BCUT2D eigenvalue weighted by Crippen LogP contribution is -2.62. The Hall–Kier alpha value is -0.380. The van der Waals surface area contributed by atoms with Crippen molar-refractivity contribution in [3.8, 4) is 0 Å². The highest BCUT2D eigenvalue weighted by Gasteiger charge is 2.59. The lowest BCUT2D eigenvalue weighted by molar-refractivity contribution is -0.171. The summed E-state index contributed by atoms with van der Waals surface area (Å²) in [6, 6.07) is 4.30. The van der Waals surface area contributed by atoms with Crippen LogP contribution in [0.2, 0.25) is 0 Å². The van der Waals surface area contributed by atoms with E-state index in [1.807, 2.05) is 0 Å². The fourth-order valence-corrected chi connectivity index (χ4v) is 3.98. The third-order valence-electron chi connectivity index (χ3n) is 4.32. The molecule has 0 bridgehead atoms. The van der Waals surface area contributed by atoms with Gasteiger partial charge >= 0.3 is 0 Å². The van der Waals surface area contributed by atoms with Gasteiger partial charge in [-0.3, -0.25) is 0 Å². The monoisotopic (exact) mass is 224 g/mol. The third-order valence-corrected chi connectivity index (χ3v) is 5.39. The smallest absolute Gasteiger partial charge is 0.0599 e. The summed E-state index contributed by atoms with van der Waals surface area (Å²) in [5, 5.41) is 11.8. The zero-order valence-corrected chi connectivity index (χ0v) is 9.55. The molecule has 1 aromatic heterocycles. The first-order chi connectivity index (χ1) is 7.33. The van der Waals surface area contributed by atoms with Gasteiger partial charge in [0.15, 0.2) is 0 Å². The second-order valence-electron chi connectivity index (χ2n) is 4.84. The molecule has 1 aliphatic heterocycles. The van der Waals surface area contributed by atoms with E-state index in [0.29, 0.717) is 6.61 Å². The molecule has 0 radical (unpaired) electrons. The molecule has 0 unspecified atom stereocenters. The first-order valence-electron chi connectivity index (χ1n) is 5.56. The van der Waals surface area contributed by atoms with Crippen LogP contribution in [-0.4, -0.2) is 24.9 Å².